The molecule has 2 rings (SSSR count). The highest BCUT2D eigenvalue weighted by molar-refractivity contribution is 7.92. The van der Waals surface area contributed by atoms with Crippen molar-refractivity contribution >= 4 is 15.7 Å². The molecular formula is C13H14N2O2S. The van der Waals surface area contributed by atoms with Gasteiger partial charge in [0.1, 0.15) is 4.90 Å². The minimum absolute atomic E-state index is 0.233. The van der Waals surface area contributed by atoms with E-state index in [-0.39, 0.29) is 4.90 Å². The Balaban J connectivity index is 2.37. The van der Waals surface area contributed by atoms with Gasteiger partial charge in [-0.3, -0.25) is 9.71 Å². The molecule has 0 bridgehead atoms. The van der Waals surface area contributed by atoms with Crippen molar-refractivity contribution in [2.75, 3.05) is 4.72 Å². The Morgan fingerprint density at radius 3 is 2.50 bits per heavy atom. The molecule has 4 nitrogen and oxygen atoms in total. The first-order chi connectivity index (χ1) is 8.63. The fourth-order valence-electron chi connectivity index (χ4n) is 1.65. The van der Waals surface area contributed by atoms with Crippen LogP contribution in [0.5, 0.6) is 0 Å². The smallest absolute Gasteiger partial charge is 0.263 e. The van der Waals surface area contributed by atoms with E-state index in [1.807, 2.05) is 13.0 Å². The number of pyridine rings is 1. The average Bonchev–Trinajstić information content (AvgIpc) is 2.39. The van der Waals surface area contributed by atoms with Crippen LogP contribution in [0.15, 0.2) is 53.6 Å². The van der Waals surface area contributed by atoms with Gasteiger partial charge in [-0.1, -0.05) is 25.1 Å². The van der Waals surface area contributed by atoms with Gasteiger partial charge < -0.3 is 0 Å². The molecule has 5 heteroatoms. The Hall–Kier alpha value is -1.88. The van der Waals surface area contributed by atoms with Gasteiger partial charge in [0, 0.05) is 11.9 Å². The number of para-hydroxylation sites is 1. The Labute approximate surface area is 107 Å². The molecular weight excluding hydrogens is 248 g/mol. The number of aryl methyl sites for hydroxylation is 1. The number of aromatic nitrogens is 1. The van der Waals surface area contributed by atoms with Crippen LogP contribution in [-0.4, -0.2) is 13.4 Å². The highest BCUT2D eigenvalue weighted by atomic mass is 32.2. The number of hydrogen-bond acceptors (Lipinski definition) is 3. The molecule has 0 amide bonds. The molecule has 0 fully saturated rings. The number of rotatable bonds is 4. The summed E-state index contributed by atoms with van der Waals surface area (Å²) in [4.78, 5) is 4.32. The molecule has 2 aromatic rings. The van der Waals surface area contributed by atoms with Crippen molar-refractivity contribution in [1.82, 2.24) is 4.98 Å². The molecule has 0 saturated carbocycles. The molecule has 0 saturated heterocycles. The summed E-state index contributed by atoms with van der Waals surface area (Å²) in [6.45, 7) is 1.88. The molecule has 0 spiro atoms. The lowest BCUT2D eigenvalue weighted by atomic mass is 10.3. The quantitative estimate of drug-likeness (QED) is 0.920. The normalized spacial score (nSPS) is 11.2. The van der Waals surface area contributed by atoms with E-state index >= 15 is 0 Å². The second-order valence-electron chi connectivity index (χ2n) is 3.77. The highest BCUT2D eigenvalue weighted by Crippen LogP contribution is 2.18. The predicted octanol–water partition coefficient (Wildman–Crippen LogP) is 2.44. The largest absolute Gasteiger partial charge is 0.280 e. The fourth-order valence-corrected chi connectivity index (χ4v) is 2.97. The zero-order valence-corrected chi connectivity index (χ0v) is 10.8. The molecule has 0 aliphatic rings. The van der Waals surface area contributed by atoms with E-state index < -0.39 is 10.0 Å². The van der Waals surface area contributed by atoms with Gasteiger partial charge in [-0.2, -0.15) is 0 Å². The second-order valence-corrected chi connectivity index (χ2v) is 5.42. The van der Waals surface area contributed by atoms with Crippen molar-refractivity contribution in [2.45, 2.75) is 18.2 Å². The number of benzene rings is 1. The van der Waals surface area contributed by atoms with Crippen LogP contribution in [-0.2, 0) is 16.4 Å². The van der Waals surface area contributed by atoms with Gasteiger partial charge in [0.05, 0.1) is 5.69 Å². The molecule has 94 valence electrons. The van der Waals surface area contributed by atoms with E-state index in [1.54, 1.807) is 42.6 Å². The number of nitrogens with one attached hydrogen (secondary N) is 1. The van der Waals surface area contributed by atoms with Gasteiger partial charge in [-0.25, -0.2) is 8.42 Å². The summed E-state index contributed by atoms with van der Waals surface area (Å²) in [6.07, 6.45) is 2.17. The summed E-state index contributed by atoms with van der Waals surface area (Å²) < 4.78 is 27.0. The van der Waals surface area contributed by atoms with Crippen molar-refractivity contribution in [1.29, 1.82) is 0 Å². The molecule has 1 N–H and O–H groups in total. The lowest BCUT2D eigenvalue weighted by molar-refractivity contribution is 0.599. The van der Waals surface area contributed by atoms with Crippen LogP contribution in [0, 0.1) is 0 Å². The van der Waals surface area contributed by atoms with E-state index in [9.17, 15) is 8.42 Å². The van der Waals surface area contributed by atoms with E-state index in [2.05, 4.69) is 9.71 Å². The van der Waals surface area contributed by atoms with Gasteiger partial charge in [-0.05, 0) is 30.7 Å². The van der Waals surface area contributed by atoms with Crippen LogP contribution in [0.3, 0.4) is 0 Å². The lowest BCUT2D eigenvalue weighted by Crippen LogP contribution is -2.15. The summed E-state index contributed by atoms with van der Waals surface area (Å²) in [5, 5.41) is 0. The van der Waals surface area contributed by atoms with Crippen molar-refractivity contribution in [3.05, 3.63) is 54.4 Å². The standard InChI is InChI=1S/C13H14N2O2S/c1-2-12-13(9-6-10-14-12)18(16,17)15-11-7-4-3-5-8-11/h3-10,15H,2H2,1H3. The van der Waals surface area contributed by atoms with Crippen LogP contribution in [0.2, 0.25) is 0 Å². The monoisotopic (exact) mass is 262 g/mol. The first-order valence-electron chi connectivity index (χ1n) is 5.65. The van der Waals surface area contributed by atoms with Crippen molar-refractivity contribution in [3.63, 3.8) is 0 Å². The van der Waals surface area contributed by atoms with Crippen LogP contribution < -0.4 is 4.72 Å². The zero-order chi connectivity index (χ0) is 13.0. The number of hydrogen-bond donors (Lipinski definition) is 1. The maximum atomic E-state index is 12.2. The van der Waals surface area contributed by atoms with Crippen molar-refractivity contribution in [2.24, 2.45) is 0 Å². The first kappa shape index (κ1) is 12.6. The van der Waals surface area contributed by atoms with E-state index in [4.69, 9.17) is 0 Å². The summed E-state index contributed by atoms with van der Waals surface area (Å²) in [6, 6.07) is 12.0. The van der Waals surface area contributed by atoms with Gasteiger partial charge in [0.2, 0.25) is 0 Å². The molecule has 18 heavy (non-hydrogen) atoms. The molecule has 0 aliphatic carbocycles. The summed E-state index contributed by atoms with van der Waals surface area (Å²) in [5.41, 5.74) is 1.12. The van der Waals surface area contributed by atoms with Crippen molar-refractivity contribution < 1.29 is 8.42 Å². The maximum Gasteiger partial charge on any atom is 0.263 e. The third kappa shape index (κ3) is 2.68. The minimum atomic E-state index is -3.57. The van der Waals surface area contributed by atoms with Gasteiger partial charge in [0.25, 0.3) is 10.0 Å². The van der Waals surface area contributed by atoms with Crippen LogP contribution >= 0.6 is 0 Å². The van der Waals surface area contributed by atoms with Crippen molar-refractivity contribution in [3.8, 4) is 0 Å². The SMILES string of the molecule is CCc1ncccc1S(=O)(=O)Nc1ccccc1. The molecule has 0 radical (unpaired) electrons. The highest BCUT2D eigenvalue weighted by Gasteiger charge is 2.18. The van der Waals surface area contributed by atoms with E-state index in [0.717, 1.165) is 0 Å². The Bertz CT molecular complexity index is 624. The number of sulfonamides is 1. The summed E-state index contributed by atoms with van der Waals surface area (Å²) in [7, 11) is -3.57. The Morgan fingerprint density at radius 1 is 1.11 bits per heavy atom. The summed E-state index contributed by atoms with van der Waals surface area (Å²) in [5.74, 6) is 0. The van der Waals surface area contributed by atoms with Gasteiger partial charge in [-0.15, -0.1) is 0 Å². The van der Waals surface area contributed by atoms with Gasteiger partial charge in [0.15, 0.2) is 0 Å². The summed E-state index contributed by atoms with van der Waals surface area (Å²) >= 11 is 0. The molecule has 1 aromatic carbocycles. The predicted molar refractivity (Wildman–Crippen MR) is 70.9 cm³/mol. The first-order valence-corrected chi connectivity index (χ1v) is 7.13. The molecule has 0 atom stereocenters. The minimum Gasteiger partial charge on any atom is -0.280 e. The third-order valence-corrected chi connectivity index (χ3v) is 3.95. The van der Waals surface area contributed by atoms with E-state index in [0.29, 0.717) is 17.8 Å². The lowest BCUT2D eigenvalue weighted by Gasteiger charge is -2.10. The number of nitrogens with zero attached hydrogens (tertiary/aromatic N) is 1. The average molecular weight is 262 g/mol. The van der Waals surface area contributed by atoms with Crippen LogP contribution in [0.25, 0.3) is 0 Å². The van der Waals surface area contributed by atoms with Crippen LogP contribution in [0.4, 0.5) is 5.69 Å². The molecule has 1 aromatic heterocycles. The molecule has 0 unspecified atom stereocenters. The van der Waals surface area contributed by atoms with Crippen LogP contribution in [0.1, 0.15) is 12.6 Å². The second kappa shape index (κ2) is 5.18. The van der Waals surface area contributed by atoms with Gasteiger partial charge >= 0.3 is 0 Å². The maximum absolute atomic E-state index is 12.2. The zero-order valence-electron chi connectivity index (χ0n) is 10.00. The topological polar surface area (TPSA) is 59.1 Å². The molecule has 1 heterocycles. The third-order valence-electron chi connectivity index (χ3n) is 2.50. The fraction of sp³-hybridized carbons (Fsp3) is 0.154. The molecule has 0 aliphatic heterocycles. The Morgan fingerprint density at radius 2 is 1.83 bits per heavy atom. The van der Waals surface area contributed by atoms with E-state index in [1.165, 1.54) is 0 Å². The number of anilines is 1. The Kier molecular flexibility index (Phi) is 3.62.